The molecule has 3 aromatic rings. The molecular weight excluding hydrogens is 500 g/mol. The van der Waals surface area contributed by atoms with Gasteiger partial charge in [-0.25, -0.2) is 8.42 Å². The molecule has 0 spiro atoms. The fraction of sp³-hybridized carbons (Fsp3) is 0.391. The molecule has 0 saturated carbocycles. The molecule has 1 unspecified atom stereocenters. The minimum atomic E-state index is -5.16. The number of sulfone groups is 1. The second kappa shape index (κ2) is 8.44. The third-order valence-corrected chi connectivity index (χ3v) is 6.98. The first kappa shape index (κ1) is 26.9. The highest BCUT2D eigenvalue weighted by Gasteiger charge is 2.56. The van der Waals surface area contributed by atoms with Crippen LogP contribution in [-0.2, 0) is 27.8 Å². The third-order valence-electron chi connectivity index (χ3n) is 5.87. The minimum Gasteiger partial charge on any atom is -0.508 e. The van der Waals surface area contributed by atoms with E-state index in [2.05, 4.69) is 4.98 Å². The van der Waals surface area contributed by atoms with Gasteiger partial charge in [0.25, 0.3) is 0 Å². The first-order chi connectivity index (χ1) is 15.7. The van der Waals surface area contributed by atoms with Crippen LogP contribution in [0, 0.1) is 0 Å². The Morgan fingerprint density at radius 3 is 2.11 bits per heavy atom. The van der Waals surface area contributed by atoms with Crippen LogP contribution in [-0.4, -0.2) is 41.6 Å². The number of aliphatic hydroxyl groups is 1. The molecule has 12 heteroatoms. The van der Waals surface area contributed by atoms with Crippen molar-refractivity contribution >= 4 is 20.7 Å². The monoisotopic (exact) mass is 523 g/mol. The summed E-state index contributed by atoms with van der Waals surface area (Å²) in [6, 6.07) is 7.00. The summed E-state index contributed by atoms with van der Waals surface area (Å²) in [4.78, 5) is 2.39. The van der Waals surface area contributed by atoms with Crippen molar-refractivity contribution in [2.24, 2.45) is 0 Å². The second-order valence-corrected chi connectivity index (χ2v) is 11.3. The predicted octanol–water partition coefficient (Wildman–Crippen LogP) is 5.50. The molecule has 0 radical (unpaired) electrons. The van der Waals surface area contributed by atoms with E-state index in [1.807, 2.05) is 0 Å². The maximum atomic E-state index is 14.1. The van der Waals surface area contributed by atoms with E-state index in [-0.39, 0.29) is 27.1 Å². The fourth-order valence-electron chi connectivity index (χ4n) is 4.16. The summed E-state index contributed by atoms with van der Waals surface area (Å²) in [6.45, 7) is 2.62. The van der Waals surface area contributed by atoms with Crippen molar-refractivity contribution in [2.75, 3.05) is 6.26 Å². The lowest BCUT2D eigenvalue weighted by molar-refractivity contribution is -0.266. The second-order valence-electron chi connectivity index (χ2n) is 9.31. The highest BCUT2D eigenvalue weighted by molar-refractivity contribution is 7.90. The van der Waals surface area contributed by atoms with E-state index in [9.17, 15) is 45.0 Å². The van der Waals surface area contributed by atoms with Gasteiger partial charge in [-0.05, 0) is 54.3 Å². The van der Waals surface area contributed by atoms with E-state index in [1.54, 1.807) is 0 Å². The number of hydrogen-bond acceptors (Lipinski definition) is 4. The SMILES string of the molecule is CC(C)(CC(O)(Cc1cc2cc(C(F)(F)F)ccc2[nH]1)C(F)(F)F)c1cc(S(C)(=O)=O)ccc1O. The predicted molar refractivity (Wildman–Crippen MR) is 117 cm³/mol. The van der Waals surface area contributed by atoms with Gasteiger partial charge < -0.3 is 15.2 Å². The van der Waals surface area contributed by atoms with Crippen molar-refractivity contribution in [3.63, 3.8) is 0 Å². The molecule has 0 bridgehead atoms. The van der Waals surface area contributed by atoms with E-state index in [1.165, 1.54) is 13.8 Å². The van der Waals surface area contributed by atoms with Crippen LogP contribution in [0.1, 0.15) is 37.1 Å². The number of fused-ring (bicyclic) bond motifs is 1. The zero-order valence-electron chi connectivity index (χ0n) is 18.8. The Bertz CT molecular complexity index is 1360. The van der Waals surface area contributed by atoms with E-state index in [4.69, 9.17) is 0 Å². The smallest absolute Gasteiger partial charge is 0.417 e. The molecule has 0 aliphatic rings. The topological polar surface area (TPSA) is 90.4 Å². The Morgan fingerprint density at radius 1 is 0.943 bits per heavy atom. The molecule has 0 fully saturated rings. The van der Waals surface area contributed by atoms with Gasteiger partial charge in [0.2, 0.25) is 0 Å². The maximum absolute atomic E-state index is 14.1. The molecule has 3 rings (SSSR count). The van der Waals surface area contributed by atoms with E-state index in [0.717, 1.165) is 48.7 Å². The van der Waals surface area contributed by atoms with Crippen molar-refractivity contribution < 1.29 is 45.0 Å². The molecule has 1 atom stereocenters. The molecule has 0 aliphatic carbocycles. The number of phenols is 1. The Balaban J connectivity index is 2.02. The number of aromatic hydroxyl groups is 1. The lowest BCUT2D eigenvalue weighted by Gasteiger charge is -2.38. The van der Waals surface area contributed by atoms with Gasteiger partial charge >= 0.3 is 12.4 Å². The van der Waals surface area contributed by atoms with Gasteiger partial charge in [0.05, 0.1) is 10.5 Å². The van der Waals surface area contributed by atoms with Crippen molar-refractivity contribution in [3.05, 3.63) is 59.3 Å². The molecule has 0 aliphatic heterocycles. The number of nitrogens with one attached hydrogen (secondary N) is 1. The molecule has 0 saturated heterocycles. The van der Waals surface area contributed by atoms with Crippen LogP contribution < -0.4 is 0 Å². The fourth-order valence-corrected chi connectivity index (χ4v) is 4.80. The summed E-state index contributed by atoms with van der Waals surface area (Å²) in [5.74, 6) is -0.447. The lowest BCUT2D eigenvalue weighted by Crippen LogP contribution is -2.50. The average Bonchev–Trinajstić information content (AvgIpc) is 3.06. The first-order valence-corrected chi connectivity index (χ1v) is 12.1. The summed E-state index contributed by atoms with van der Waals surface area (Å²) >= 11 is 0. The maximum Gasteiger partial charge on any atom is 0.417 e. The quantitative estimate of drug-likeness (QED) is 0.372. The number of benzene rings is 2. The summed E-state index contributed by atoms with van der Waals surface area (Å²) in [5.41, 5.74) is -6.00. The van der Waals surface area contributed by atoms with Crippen molar-refractivity contribution in [3.8, 4) is 5.75 Å². The average molecular weight is 523 g/mol. The van der Waals surface area contributed by atoms with Gasteiger partial charge in [-0.1, -0.05) is 13.8 Å². The summed E-state index contributed by atoms with van der Waals surface area (Å²) in [6.07, 6.45) is -10.9. The molecule has 1 heterocycles. The molecular formula is C23H23F6NO4S. The molecule has 192 valence electrons. The number of H-pyrrole nitrogens is 1. The van der Waals surface area contributed by atoms with Crippen LogP contribution in [0.2, 0.25) is 0 Å². The zero-order valence-corrected chi connectivity index (χ0v) is 19.7. The molecule has 2 aromatic carbocycles. The van der Waals surface area contributed by atoms with Crippen molar-refractivity contribution in [1.29, 1.82) is 0 Å². The first-order valence-electron chi connectivity index (χ1n) is 10.2. The van der Waals surface area contributed by atoms with E-state index < -0.39 is 57.4 Å². The standard InChI is InChI=1S/C23H23F6NO4S/c1-20(2,17-10-16(35(3,33)34)5-7-19(17)31)12-21(32,23(27,28)29)11-15-9-13-8-14(22(24,25)26)4-6-18(13)30-15/h4-10,30-32H,11-12H2,1-3H3. The third kappa shape index (κ3) is 5.58. The molecule has 3 N–H and O–H groups in total. The Labute approximate surface area is 197 Å². The number of rotatable bonds is 6. The summed E-state index contributed by atoms with van der Waals surface area (Å²) in [5, 5.41) is 21.1. The largest absolute Gasteiger partial charge is 0.508 e. The van der Waals surface area contributed by atoms with Crippen LogP contribution in [0.5, 0.6) is 5.75 Å². The molecule has 0 amide bonds. The van der Waals surface area contributed by atoms with Crippen molar-refractivity contribution in [1.82, 2.24) is 4.98 Å². The summed E-state index contributed by atoms with van der Waals surface area (Å²) < 4.78 is 105. The van der Waals surface area contributed by atoms with Crippen molar-refractivity contribution in [2.45, 2.75) is 55.0 Å². The molecule has 35 heavy (non-hydrogen) atoms. The van der Waals surface area contributed by atoms with Crippen LogP contribution >= 0.6 is 0 Å². The highest BCUT2D eigenvalue weighted by atomic mass is 32.2. The number of aromatic nitrogens is 1. The Kier molecular flexibility index (Phi) is 6.48. The van der Waals surface area contributed by atoms with Gasteiger partial charge in [0, 0.05) is 34.8 Å². The number of halogens is 6. The van der Waals surface area contributed by atoms with Gasteiger partial charge in [-0.2, -0.15) is 26.3 Å². The normalized spacial score (nSPS) is 15.4. The van der Waals surface area contributed by atoms with Crippen LogP contribution in [0.15, 0.2) is 47.4 Å². The van der Waals surface area contributed by atoms with Gasteiger partial charge in [0.15, 0.2) is 15.4 Å². The summed E-state index contributed by atoms with van der Waals surface area (Å²) in [7, 11) is -3.73. The number of alkyl halides is 6. The number of hydrogen-bond donors (Lipinski definition) is 3. The van der Waals surface area contributed by atoms with Gasteiger partial charge in [0.1, 0.15) is 5.75 Å². The molecule has 1 aromatic heterocycles. The minimum absolute atomic E-state index is 0.0251. The zero-order chi connectivity index (χ0) is 26.6. The van der Waals surface area contributed by atoms with Gasteiger partial charge in [-0.15, -0.1) is 0 Å². The van der Waals surface area contributed by atoms with E-state index >= 15 is 0 Å². The highest BCUT2D eigenvalue weighted by Crippen LogP contribution is 2.45. The Hall–Kier alpha value is -2.73. The van der Waals surface area contributed by atoms with E-state index in [0.29, 0.717) is 0 Å². The van der Waals surface area contributed by atoms with Crippen LogP contribution in [0.4, 0.5) is 26.3 Å². The Morgan fingerprint density at radius 2 is 1.57 bits per heavy atom. The van der Waals surface area contributed by atoms with Crippen LogP contribution in [0.25, 0.3) is 10.9 Å². The lowest BCUT2D eigenvalue weighted by atomic mass is 9.73. The molecule has 5 nitrogen and oxygen atoms in total. The number of aromatic amines is 1. The van der Waals surface area contributed by atoms with Crippen LogP contribution in [0.3, 0.4) is 0 Å². The van der Waals surface area contributed by atoms with Gasteiger partial charge in [-0.3, -0.25) is 0 Å². The number of phenolic OH excluding ortho intramolecular Hbond substituents is 1.